The molecule has 0 heterocycles. The molecule has 0 aromatic carbocycles. The molecule has 0 amide bonds. The van der Waals surface area contributed by atoms with Crippen molar-refractivity contribution in [1.29, 1.82) is 0 Å². The van der Waals surface area contributed by atoms with E-state index in [2.05, 4.69) is 0 Å². The summed E-state index contributed by atoms with van der Waals surface area (Å²) in [6.07, 6.45) is 0.0833. The molecular weight excluding hydrogens is 211 g/mol. The van der Waals surface area contributed by atoms with Crippen molar-refractivity contribution in [2.75, 3.05) is 0 Å². The Kier molecular flexibility index (Phi) is 7.26. The molecule has 0 fully saturated rings. The molecule has 48 valence electrons. The molecule has 8 heavy (non-hydrogen) atoms. The van der Waals surface area contributed by atoms with E-state index in [0.29, 0.717) is 0 Å². The van der Waals surface area contributed by atoms with Crippen LogP contribution in [0.5, 0.6) is 0 Å². The third-order valence-corrected chi connectivity index (χ3v) is 0.498. The van der Waals surface area contributed by atoms with Crippen molar-refractivity contribution in [3.8, 4) is 0 Å². The van der Waals surface area contributed by atoms with Gasteiger partial charge in [0.25, 0.3) is 0 Å². The van der Waals surface area contributed by atoms with Crippen LogP contribution in [-0.2, 0) is 9.59 Å². The summed E-state index contributed by atoms with van der Waals surface area (Å²) in [5.74, 6) is -0.125. The average molecular weight is 223 g/mol. The Morgan fingerprint density at radius 1 is 1.12 bits per heavy atom. The van der Waals surface area contributed by atoms with Gasteiger partial charge < -0.3 is 0 Å². The van der Waals surface area contributed by atoms with E-state index < -0.39 is 0 Å². The molecule has 0 aromatic heterocycles. The van der Waals surface area contributed by atoms with Gasteiger partial charge in [-0.1, -0.05) is 0 Å². The van der Waals surface area contributed by atoms with E-state index in [1.165, 1.54) is 13.8 Å². The van der Waals surface area contributed by atoms with Crippen molar-refractivity contribution in [2.45, 2.75) is 20.3 Å². The van der Waals surface area contributed by atoms with E-state index in [9.17, 15) is 9.59 Å². The Bertz CT molecular complexity index is 86.6. The van der Waals surface area contributed by atoms with Crippen LogP contribution in [0.25, 0.3) is 0 Å². The van der Waals surface area contributed by atoms with E-state index in [4.69, 9.17) is 0 Å². The van der Waals surface area contributed by atoms with Crippen molar-refractivity contribution in [3.05, 3.63) is 0 Å². The third kappa shape index (κ3) is 9.46. The van der Waals surface area contributed by atoms with E-state index in [0.717, 1.165) is 0 Å². The van der Waals surface area contributed by atoms with Gasteiger partial charge in [-0.25, -0.2) is 0 Å². The predicted molar refractivity (Wildman–Crippen MR) is 37.3 cm³/mol. The van der Waals surface area contributed by atoms with Crippen LogP contribution in [0.1, 0.15) is 20.3 Å². The summed E-state index contributed by atoms with van der Waals surface area (Å²) in [5.41, 5.74) is 0. The van der Waals surface area contributed by atoms with Crippen molar-refractivity contribution < 1.29 is 9.59 Å². The maximum atomic E-state index is 10.0. The Balaban J connectivity index is 0. The number of carbonyl (C=O) groups excluding carboxylic acids is 2. The molecule has 0 unspecified atom stereocenters. The molecule has 0 aliphatic heterocycles. The molecule has 0 aliphatic carbocycles. The molecule has 0 rings (SSSR count). The molecule has 0 saturated carbocycles. The van der Waals surface area contributed by atoms with E-state index in [-0.39, 0.29) is 41.9 Å². The monoisotopic (exact) mass is 224 g/mol. The van der Waals surface area contributed by atoms with Crippen LogP contribution in [0, 0.1) is 0 Å². The average Bonchev–Trinajstić information content (AvgIpc) is 1.27. The Labute approximate surface area is 65.6 Å². The minimum absolute atomic E-state index is 0. The predicted octanol–water partition coefficient (Wildman–Crippen LogP) is -0.897. The second-order valence-corrected chi connectivity index (χ2v) is 1.58. The molecule has 3 heteroatoms. The zero-order valence-corrected chi connectivity index (χ0v) is 4.52. The molecule has 0 bridgehead atoms. The number of hydrogen-bond donors (Lipinski definition) is 0. The molecule has 0 atom stereocenters. The van der Waals surface area contributed by atoms with Crippen LogP contribution in [0.4, 0.5) is 0 Å². The van der Waals surface area contributed by atoms with Gasteiger partial charge in [0.1, 0.15) is 11.6 Å². The SMILES string of the molecule is CC(=O)CC(C)=O.[SnH4]. The van der Waals surface area contributed by atoms with Crippen molar-refractivity contribution in [3.63, 3.8) is 0 Å². The Morgan fingerprint density at radius 3 is 1.38 bits per heavy atom. The molecule has 2 nitrogen and oxygen atoms in total. The van der Waals surface area contributed by atoms with Crippen LogP contribution >= 0.6 is 0 Å². The van der Waals surface area contributed by atoms with Gasteiger partial charge in [-0.15, -0.1) is 0 Å². The van der Waals surface area contributed by atoms with Crippen LogP contribution in [0.15, 0.2) is 0 Å². The first-order chi connectivity index (χ1) is 3.13. The first-order valence-corrected chi connectivity index (χ1v) is 2.12. The van der Waals surface area contributed by atoms with Gasteiger partial charge in [-0.2, -0.15) is 0 Å². The molecule has 0 aliphatic rings. The van der Waals surface area contributed by atoms with Gasteiger partial charge in [0, 0.05) is 0 Å². The number of hydrogen-bond acceptors (Lipinski definition) is 2. The molecule has 0 aromatic rings. The zero-order valence-electron chi connectivity index (χ0n) is 4.52. The van der Waals surface area contributed by atoms with E-state index in [1.54, 1.807) is 0 Å². The second-order valence-electron chi connectivity index (χ2n) is 1.58. The Morgan fingerprint density at radius 2 is 1.38 bits per heavy atom. The number of carbonyl (C=O) groups is 2. The molecular formula is C5H12O2Sn. The summed E-state index contributed by atoms with van der Waals surface area (Å²) in [6, 6.07) is 0. The zero-order chi connectivity index (χ0) is 5.86. The molecule has 0 radical (unpaired) electrons. The minimum atomic E-state index is -0.0625. The first-order valence-electron chi connectivity index (χ1n) is 2.12. The number of rotatable bonds is 2. The summed E-state index contributed by atoms with van der Waals surface area (Å²) in [7, 11) is 0. The maximum absolute atomic E-state index is 10.0. The summed E-state index contributed by atoms with van der Waals surface area (Å²) in [5, 5.41) is 0. The van der Waals surface area contributed by atoms with E-state index >= 15 is 0 Å². The van der Waals surface area contributed by atoms with Crippen molar-refractivity contribution >= 4 is 35.5 Å². The standard InChI is InChI=1S/C5H8O2.Sn.4H/c1-4(6)3-5(2)7;;;;;/h3H2,1-2H3;;;;;. The summed E-state index contributed by atoms with van der Waals surface area (Å²) in [4.78, 5) is 20.1. The van der Waals surface area contributed by atoms with Crippen molar-refractivity contribution in [2.24, 2.45) is 0 Å². The number of ketones is 2. The van der Waals surface area contributed by atoms with Gasteiger partial charge in [0.15, 0.2) is 0 Å². The number of Topliss-reactive ketones (excluding diaryl/α,β-unsaturated/α-hetero) is 2. The van der Waals surface area contributed by atoms with Crippen LogP contribution in [-0.4, -0.2) is 35.5 Å². The molecule has 0 saturated heterocycles. The van der Waals surface area contributed by atoms with Gasteiger partial charge in [-0.3, -0.25) is 9.59 Å². The summed E-state index contributed by atoms with van der Waals surface area (Å²) in [6.45, 7) is 2.81. The molecule has 0 spiro atoms. The van der Waals surface area contributed by atoms with Crippen molar-refractivity contribution in [1.82, 2.24) is 0 Å². The molecule has 0 N–H and O–H groups in total. The van der Waals surface area contributed by atoms with Crippen LogP contribution in [0.2, 0.25) is 0 Å². The fourth-order valence-corrected chi connectivity index (χ4v) is 0.351. The normalized spacial score (nSPS) is 7.25. The topological polar surface area (TPSA) is 34.1 Å². The van der Waals surface area contributed by atoms with Gasteiger partial charge >= 0.3 is 23.9 Å². The second kappa shape index (κ2) is 5.28. The third-order valence-electron chi connectivity index (χ3n) is 0.498. The van der Waals surface area contributed by atoms with Crippen LogP contribution < -0.4 is 0 Å². The summed E-state index contributed by atoms with van der Waals surface area (Å²) < 4.78 is 0. The van der Waals surface area contributed by atoms with Gasteiger partial charge in [0.2, 0.25) is 0 Å². The van der Waals surface area contributed by atoms with E-state index in [1.807, 2.05) is 0 Å². The first kappa shape index (κ1) is 11.0. The fourth-order valence-electron chi connectivity index (χ4n) is 0.351. The fraction of sp³-hybridized carbons (Fsp3) is 0.600. The summed E-state index contributed by atoms with van der Waals surface area (Å²) >= 11 is 0. The van der Waals surface area contributed by atoms with Gasteiger partial charge in [0.05, 0.1) is 6.42 Å². The quantitative estimate of drug-likeness (QED) is 0.449. The van der Waals surface area contributed by atoms with Gasteiger partial charge in [-0.05, 0) is 13.8 Å². The van der Waals surface area contributed by atoms with Crippen LogP contribution in [0.3, 0.4) is 0 Å². The Hall–Kier alpha value is 0.139.